The van der Waals surface area contributed by atoms with Gasteiger partial charge in [0, 0.05) is 26.2 Å². The van der Waals surface area contributed by atoms with Gasteiger partial charge in [0.2, 0.25) is 0 Å². The molecule has 0 aromatic carbocycles. The first-order chi connectivity index (χ1) is 9.94. The Labute approximate surface area is 128 Å². The molecular formula is C16H30N2O3. The summed E-state index contributed by atoms with van der Waals surface area (Å²) in [6, 6.07) is 0. The van der Waals surface area contributed by atoms with E-state index in [1.807, 2.05) is 25.7 Å². The van der Waals surface area contributed by atoms with E-state index in [1.54, 1.807) is 0 Å². The Morgan fingerprint density at radius 2 is 2.14 bits per heavy atom. The predicted molar refractivity (Wildman–Crippen MR) is 82.3 cm³/mol. The summed E-state index contributed by atoms with van der Waals surface area (Å²) >= 11 is 0. The molecule has 0 aromatic rings. The molecule has 0 saturated carbocycles. The van der Waals surface area contributed by atoms with Crippen LogP contribution in [0.25, 0.3) is 0 Å². The third kappa shape index (κ3) is 5.83. The van der Waals surface area contributed by atoms with Gasteiger partial charge in [0.1, 0.15) is 5.60 Å². The fourth-order valence-corrected chi connectivity index (χ4v) is 2.92. The number of rotatable bonds is 5. The van der Waals surface area contributed by atoms with Crippen molar-refractivity contribution in [2.45, 2.75) is 45.6 Å². The maximum atomic E-state index is 12.0. The molecule has 122 valence electrons. The molecule has 0 bridgehead atoms. The summed E-state index contributed by atoms with van der Waals surface area (Å²) in [5.74, 6) is 1.29. The Balaban J connectivity index is 1.58. The van der Waals surface area contributed by atoms with Gasteiger partial charge in [0.05, 0.1) is 6.61 Å². The van der Waals surface area contributed by atoms with Gasteiger partial charge >= 0.3 is 6.09 Å². The average molecular weight is 298 g/mol. The minimum atomic E-state index is -0.403. The normalized spacial score (nSPS) is 26.3. The van der Waals surface area contributed by atoms with Gasteiger partial charge in [-0.25, -0.2) is 4.79 Å². The summed E-state index contributed by atoms with van der Waals surface area (Å²) in [4.78, 5) is 13.8. The van der Waals surface area contributed by atoms with Crippen LogP contribution in [0.1, 0.15) is 40.0 Å². The molecule has 2 unspecified atom stereocenters. The predicted octanol–water partition coefficient (Wildman–Crippen LogP) is 2.26. The molecule has 1 amide bonds. The molecule has 0 spiro atoms. The summed E-state index contributed by atoms with van der Waals surface area (Å²) in [5.41, 5.74) is -0.403. The highest BCUT2D eigenvalue weighted by molar-refractivity contribution is 5.68. The molecular weight excluding hydrogens is 268 g/mol. The molecule has 0 aromatic heterocycles. The number of ether oxygens (including phenoxy) is 2. The van der Waals surface area contributed by atoms with Gasteiger partial charge in [-0.1, -0.05) is 0 Å². The first kappa shape index (κ1) is 16.6. The van der Waals surface area contributed by atoms with Crippen LogP contribution in [0.2, 0.25) is 0 Å². The van der Waals surface area contributed by atoms with Crippen molar-refractivity contribution in [2.75, 3.05) is 39.4 Å². The van der Waals surface area contributed by atoms with Gasteiger partial charge in [-0.05, 0) is 58.4 Å². The lowest BCUT2D eigenvalue weighted by molar-refractivity contribution is 0.0287. The second-order valence-electron chi connectivity index (χ2n) is 7.30. The second kappa shape index (κ2) is 7.45. The highest BCUT2D eigenvalue weighted by Gasteiger charge is 2.29. The van der Waals surface area contributed by atoms with Crippen LogP contribution >= 0.6 is 0 Å². The number of nitrogens with zero attached hydrogens (tertiary/aromatic N) is 1. The fraction of sp³-hybridized carbons (Fsp3) is 0.938. The number of likely N-dealkylation sites (tertiary alicyclic amines) is 1. The van der Waals surface area contributed by atoms with E-state index in [0.717, 1.165) is 52.2 Å². The van der Waals surface area contributed by atoms with E-state index in [1.165, 1.54) is 6.42 Å². The molecule has 2 heterocycles. The standard InChI is InChI=1S/C16H30N2O3/c1-16(2,3)21-15(19)18-8-5-13(11-18)4-7-17-10-14-6-9-20-12-14/h13-14,17H,4-12H2,1-3H3. The maximum Gasteiger partial charge on any atom is 0.410 e. The highest BCUT2D eigenvalue weighted by Crippen LogP contribution is 2.21. The molecule has 0 aliphatic carbocycles. The summed E-state index contributed by atoms with van der Waals surface area (Å²) in [6.45, 7) is 11.3. The van der Waals surface area contributed by atoms with Crippen molar-refractivity contribution in [3.05, 3.63) is 0 Å². The van der Waals surface area contributed by atoms with Crippen molar-refractivity contribution in [2.24, 2.45) is 11.8 Å². The highest BCUT2D eigenvalue weighted by atomic mass is 16.6. The number of hydrogen-bond donors (Lipinski definition) is 1. The summed E-state index contributed by atoms with van der Waals surface area (Å²) in [7, 11) is 0. The van der Waals surface area contributed by atoms with Crippen LogP contribution in [0, 0.1) is 11.8 Å². The Hall–Kier alpha value is -0.810. The van der Waals surface area contributed by atoms with E-state index in [4.69, 9.17) is 9.47 Å². The average Bonchev–Trinajstić information content (AvgIpc) is 3.04. The molecule has 2 fully saturated rings. The zero-order valence-electron chi connectivity index (χ0n) is 13.7. The van der Waals surface area contributed by atoms with E-state index in [-0.39, 0.29) is 6.09 Å². The monoisotopic (exact) mass is 298 g/mol. The van der Waals surface area contributed by atoms with E-state index in [2.05, 4.69) is 5.32 Å². The lowest BCUT2D eigenvalue weighted by atomic mass is 10.0. The van der Waals surface area contributed by atoms with E-state index in [0.29, 0.717) is 11.8 Å². The first-order valence-corrected chi connectivity index (χ1v) is 8.20. The van der Waals surface area contributed by atoms with Crippen molar-refractivity contribution in [1.82, 2.24) is 10.2 Å². The summed E-state index contributed by atoms with van der Waals surface area (Å²) in [6.07, 6.45) is 3.24. The van der Waals surface area contributed by atoms with E-state index in [9.17, 15) is 4.79 Å². The number of nitrogens with one attached hydrogen (secondary N) is 1. The minimum Gasteiger partial charge on any atom is -0.444 e. The third-order valence-corrected chi connectivity index (χ3v) is 4.12. The van der Waals surface area contributed by atoms with Crippen LogP contribution in [0.4, 0.5) is 4.79 Å². The molecule has 2 aliphatic heterocycles. The molecule has 5 heteroatoms. The van der Waals surface area contributed by atoms with Gasteiger partial charge in [0.15, 0.2) is 0 Å². The van der Waals surface area contributed by atoms with Crippen LogP contribution in [-0.2, 0) is 9.47 Å². The van der Waals surface area contributed by atoms with Crippen LogP contribution in [-0.4, -0.2) is 56.0 Å². The van der Waals surface area contributed by atoms with Gasteiger partial charge in [0.25, 0.3) is 0 Å². The third-order valence-electron chi connectivity index (χ3n) is 4.12. The molecule has 1 N–H and O–H groups in total. The number of carbonyl (C=O) groups excluding carboxylic acids is 1. The zero-order valence-corrected chi connectivity index (χ0v) is 13.7. The van der Waals surface area contributed by atoms with Crippen molar-refractivity contribution in [3.63, 3.8) is 0 Å². The largest absolute Gasteiger partial charge is 0.444 e. The number of hydrogen-bond acceptors (Lipinski definition) is 4. The quantitative estimate of drug-likeness (QED) is 0.791. The SMILES string of the molecule is CC(C)(C)OC(=O)N1CCC(CCNCC2CCOC2)C1. The molecule has 2 saturated heterocycles. The Bertz CT molecular complexity index is 335. The van der Waals surface area contributed by atoms with Crippen molar-refractivity contribution >= 4 is 6.09 Å². The number of amides is 1. The lowest BCUT2D eigenvalue weighted by Gasteiger charge is -2.24. The smallest absolute Gasteiger partial charge is 0.410 e. The van der Waals surface area contributed by atoms with Gasteiger partial charge in [-0.15, -0.1) is 0 Å². The van der Waals surface area contributed by atoms with Crippen molar-refractivity contribution < 1.29 is 14.3 Å². The summed E-state index contributed by atoms with van der Waals surface area (Å²) in [5, 5.41) is 3.52. The van der Waals surface area contributed by atoms with Crippen LogP contribution < -0.4 is 5.32 Å². The van der Waals surface area contributed by atoms with E-state index >= 15 is 0 Å². The minimum absolute atomic E-state index is 0.166. The fourth-order valence-electron chi connectivity index (χ4n) is 2.92. The van der Waals surface area contributed by atoms with Crippen molar-refractivity contribution in [1.29, 1.82) is 0 Å². The molecule has 2 rings (SSSR count). The number of carbonyl (C=O) groups is 1. The van der Waals surface area contributed by atoms with E-state index < -0.39 is 5.60 Å². The first-order valence-electron chi connectivity index (χ1n) is 8.20. The molecule has 2 atom stereocenters. The molecule has 0 radical (unpaired) electrons. The lowest BCUT2D eigenvalue weighted by Crippen LogP contribution is -2.35. The topological polar surface area (TPSA) is 50.8 Å². The van der Waals surface area contributed by atoms with Gasteiger partial charge in [-0.3, -0.25) is 0 Å². The van der Waals surface area contributed by atoms with Crippen LogP contribution in [0.15, 0.2) is 0 Å². The zero-order chi connectivity index (χ0) is 15.3. The summed E-state index contributed by atoms with van der Waals surface area (Å²) < 4.78 is 10.8. The van der Waals surface area contributed by atoms with Gasteiger partial charge < -0.3 is 19.7 Å². The van der Waals surface area contributed by atoms with Crippen LogP contribution in [0.3, 0.4) is 0 Å². The van der Waals surface area contributed by atoms with Crippen molar-refractivity contribution in [3.8, 4) is 0 Å². The Morgan fingerprint density at radius 1 is 1.33 bits per heavy atom. The molecule has 2 aliphatic rings. The van der Waals surface area contributed by atoms with Crippen LogP contribution in [0.5, 0.6) is 0 Å². The maximum absolute atomic E-state index is 12.0. The molecule has 21 heavy (non-hydrogen) atoms. The molecule has 5 nitrogen and oxygen atoms in total. The Kier molecular flexibility index (Phi) is 5.88. The Morgan fingerprint density at radius 3 is 2.81 bits per heavy atom. The second-order valence-corrected chi connectivity index (χ2v) is 7.30. The van der Waals surface area contributed by atoms with Gasteiger partial charge in [-0.2, -0.15) is 0 Å².